The molecule has 21 heavy (non-hydrogen) atoms. The third kappa shape index (κ3) is 4.01. The molecular weight excluding hydrogens is 274 g/mol. The van der Waals surface area contributed by atoms with Crippen molar-refractivity contribution in [3.8, 4) is 17.2 Å². The van der Waals surface area contributed by atoms with Gasteiger partial charge in [0, 0.05) is 11.6 Å². The largest absolute Gasteiger partial charge is 0.493 e. The maximum absolute atomic E-state index is 11.6. The van der Waals surface area contributed by atoms with Gasteiger partial charge in [-0.15, -0.1) is 0 Å². The lowest BCUT2D eigenvalue weighted by Crippen LogP contribution is -2.24. The smallest absolute Gasteiger partial charge is 0.307 e. The van der Waals surface area contributed by atoms with Crippen LogP contribution in [0.2, 0.25) is 0 Å². The van der Waals surface area contributed by atoms with E-state index in [9.17, 15) is 4.79 Å². The van der Waals surface area contributed by atoms with Crippen molar-refractivity contribution in [3.05, 3.63) is 17.7 Å². The van der Waals surface area contributed by atoms with Crippen LogP contribution in [0, 0.1) is 0 Å². The van der Waals surface area contributed by atoms with E-state index in [1.165, 1.54) is 7.11 Å². The van der Waals surface area contributed by atoms with E-state index in [4.69, 9.17) is 18.9 Å². The lowest BCUT2D eigenvalue weighted by atomic mass is 10.0. The van der Waals surface area contributed by atoms with Gasteiger partial charge < -0.3 is 24.3 Å². The zero-order valence-corrected chi connectivity index (χ0v) is 13.2. The second-order valence-electron chi connectivity index (χ2n) is 4.31. The summed E-state index contributed by atoms with van der Waals surface area (Å²) in [5, 5.41) is 3.25. The van der Waals surface area contributed by atoms with Crippen molar-refractivity contribution >= 4 is 5.97 Å². The highest BCUT2D eigenvalue weighted by molar-refractivity contribution is 5.71. The highest BCUT2D eigenvalue weighted by atomic mass is 16.5. The Morgan fingerprint density at radius 3 is 2.24 bits per heavy atom. The summed E-state index contributed by atoms with van der Waals surface area (Å²) in [4.78, 5) is 11.6. The molecule has 1 rings (SSSR count). The van der Waals surface area contributed by atoms with Gasteiger partial charge in [-0.25, -0.2) is 0 Å². The average Bonchev–Trinajstić information content (AvgIpc) is 2.52. The van der Waals surface area contributed by atoms with Gasteiger partial charge in [-0.05, 0) is 18.7 Å². The Morgan fingerprint density at radius 2 is 1.76 bits per heavy atom. The second kappa shape index (κ2) is 8.36. The van der Waals surface area contributed by atoms with Crippen LogP contribution >= 0.6 is 0 Å². The topological polar surface area (TPSA) is 66.0 Å². The van der Waals surface area contributed by atoms with Gasteiger partial charge in [0.2, 0.25) is 5.75 Å². The third-order valence-corrected chi connectivity index (χ3v) is 3.16. The first-order chi connectivity index (χ1) is 10.1. The van der Waals surface area contributed by atoms with Crippen molar-refractivity contribution in [1.82, 2.24) is 5.32 Å². The fraction of sp³-hybridized carbons (Fsp3) is 0.533. The Bertz CT molecular complexity index is 475. The van der Waals surface area contributed by atoms with Crippen LogP contribution in [0.5, 0.6) is 17.2 Å². The number of methoxy groups -OCH3 is 4. The molecule has 0 saturated heterocycles. The Morgan fingerprint density at radius 1 is 1.10 bits per heavy atom. The predicted molar refractivity (Wildman–Crippen MR) is 79.1 cm³/mol. The Hall–Kier alpha value is -1.95. The minimum absolute atomic E-state index is 0.205. The quantitative estimate of drug-likeness (QED) is 0.740. The molecule has 0 amide bonds. The highest BCUT2D eigenvalue weighted by Crippen LogP contribution is 2.42. The van der Waals surface area contributed by atoms with Crippen molar-refractivity contribution < 1.29 is 23.7 Å². The zero-order valence-electron chi connectivity index (χ0n) is 13.2. The predicted octanol–water partition coefficient (Wildman–Crippen LogP) is 1.93. The Balaban J connectivity index is 3.26. The molecule has 1 atom stereocenters. The molecule has 0 fully saturated rings. The molecule has 0 saturated carbocycles. The molecule has 6 heteroatoms. The van der Waals surface area contributed by atoms with Crippen LogP contribution in [0.3, 0.4) is 0 Å². The van der Waals surface area contributed by atoms with Crippen LogP contribution in [0.15, 0.2) is 12.1 Å². The summed E-state index contributed by atoms with van der Waals surface area (Å²) in [7, 11) is 6.04. The number of esters is 1. The first kappa shape index (κ1) is 17.1. The van der Waals surface area contributed by atoms with Gasteiger partial charge in [0.25, 0.3) is 0 Å². The maximum atomic E-state index is 11.6. The second-order valence-corrected chi connectivity index (χ2v) is 4.31. The number of nitrogens with one attached hydrogen (secondary N) is 1. The monoisotopic (exact) mass is 297 g/mol. The highest BCUT2D eigenvalue weighted by Gasteiger charge is 2.24. The molecule has 118 valence electrons. The summed E-state index contributed by atoms with van der Waals surface area (Å²) in [6.07, 6.45) is 0.205. The van der Waals surface area contributed by atoms with Crippen LogP contribution in [0.4, 0.5) is 0 Å². The molecule has 1 unspecified atom stereocenters. The molecule has 0 aromatic heterocycles. The SMILES string of the molecule is CCNC(CC(=O)OC)c1ccc(OC)c(OC)c1OC. The molecule has 0 aliphatic rings. The molecule has 1 aromatic rings. The van der Waals surface area contributed by atoms with E-state index < -0.39 is 0 Å². The molecule has 1 aromatic carbocycles. The van der Waals surface area contributed by atoms with Crippen molar-refractivity contribution in [1.29, 1.82) is 0 Å². The minimum atomic E-state index is -0.294. The number of carbonyl (C=O) groups is 1. The molecule has 0 aliphatic heterocycles. The van der Waals surface area contributed by atoms with Crippen LogP contribution in [-0.2, 0) is 9.53 Å². The summed E-state index contributed by atoms with van der Waals surface area (Å²) >= 11 is 0. The van der Waals surface area contributed by atoms with Crippen LogP contribution in [0.1, 0.15) is 24.9 Å². The molecule has 6 nitrogen and oxygen atoms in total. The van der Waals surface area contributed by atoms with E-state index in [1.54, 1.807) is 27.4 Å². The Labute approximate surface area is 125 Å². The van der Waals surface area contributed by atoms with E-state index in [0.29, 0.717) is 23.8 Å². The normalized spacial score (nSPS) is 11.7. The van der Waals surface area contributed by atoms with Crippen molar-refractivity contribution in [2.45, 2.75) is 19.4 Å². The minimum Gasteiger partial charge on any atom is -0.493 e. The number of ether oxygens (including phenoxy) is 4. The van der Waals surface area contributed by atoms with Gasteiger partial charge >= 0.3 is 5.97 Å². The molecule has 0 heterocycles. The Kier molecular flexibility index (Phi) is 6.81. The first-order valence-corrected chi connectivity index (χ1v) is 6.71. The van der Waals surface area contributed by atoms with Crippen LogP contribution < -0.4 is 19.5 Å². The lowest BCUT2D eigenvalue weighted by Gasteiger charge is -2.22. The lowest BCUT2D eigenvalue weighted by molar-refractivity contribution is -0.141. The molecular formula is C15H23NO5. The van der Waals surface area contributed by atoms with E-state index >= 15 is 0 Å². The van der Waals surface area contributed by atoms with Gasteiger partial charge in [-0.1, -0.05) is 6.92 Å². The van der Waals surface area contributed by atoms with Crippen molar-refractivity contribution in [3.63, 3.8) is 0 Å². The van der Waals surface area contributed by atoms with E-state index in [2.05, 4.69) is 5.32 Å². The average molecular weight is 297 g/mol. The van der Waals surface area contributed by atoms with Gasteiger partial charge in [0.15, 0.2) is 11.5 Å². The summed E-state index contributed by atoms with van der Waals surface area (Å²) in [6.45, 7) is 2.68. The van der Waals surface area contributed by atoms with Gasteiger partial charge in [-0.2, -0.15) is 0 Å². The van der Waals surface area contributed by atoms with Gasteiger partial charge in [0.1, 0.15) is 0 Å². The summed E-state index contributed by atoms with van der Waals surface area (Å²) in [6, 6.07) is 3.42. The molecule has 1 N–H and O–H groups in total. The van der Waals surface area contributed by atoms with Crippen molar-refractivity contribution in [2.75, 3.05) is 35.0 Å². The fourth-order valence-electron chi connectivity index (χ4n) is 2.19. The third-order valence-electron chi connectivity index (χ3n) is 3.16. The van der Waals surface area contributed by atoms with Crippen LogP contribution in [0.25, 0.3) is 0 Å². The van der Waals surface area contributed by atoms with Gasteiger partial charge in [-0.3, -0.25) is 4.79 Å². The zero-order chi connectivity index (χ0) is 15.8. The first-order valence-electron chi connectivity index (χ1n) is 6.71. The molecule has 0 aliphatic carbocycles. The standard InChI is InChI=1S/C15H23NO5/c1-6-16-11(9-13(17)19-3)10-7-8-12(18-2)15(21-5)14(10)20-4/h7-8,11,16H,6,9H2,1-5H3. The summed E-state index contributed by atoms with van der Waals surface area (Å²) in [5.41, 5.74) is 0.822. The fourth-order valence-corrected chi connectivity index (χ4v) is 2.19. The van der Waals surface area contributed by atoms with E-state index in [0.717, 1.165) is 5.56 Å². The van der Waals surface area contributed by atoms with E-state index in [-0.39, 0.29) is 18.4 Å². The number of benzene rings is 1. The molecule has 0 spiro atoms. The number of rotatable bonds is 8. The number of carbonyl (C=O) groups excluding carboxylic acids is 1. The van der Waals surface area contributed by atoms with Crippen molar-refractivity contribution in [2.24, 2.45) is 0 Å². The molecule has 0 radical (unpaired) electrons. The van der Waals surface area contributed by atoms with Gasteiger partial charge in [0.05, 0.1) is 34.9 Å². The summed E-state index contributed by atoms with van der Waals surface area (Å²) in [5.74, 6) is 1.33. The summed E-state index contributed by atoms with van der Waals surface area (Å²) < 4.78 is 20.8. The van der Waals surface area contributed by atoms with E-state index in [1.807, 2.05) is 13.0 Å². The van der Waals surface area contributed by atoms with Crippen LogP contribution in [-0.4, -0.2) is 41.0 Å². The number of hydrogen-bond donors (Lipinski definition) is 1. The molecule has 0 bridgehead atoms. The number of hydrogen-bond acceptors (Lipinski definition) is 6. The maximum Gasteiger partial charge on any atom is 0.307 e.